The van der Waals surface area contributed by atoms with Crippen molar-refractivity contribution in [2.75, 3.05) is 47.5 Å². The number of carbonyl (C=O) groups is 1. The smallest absolute Gasteiger partial charge is 0.317 e. The van der Waals surface area contributed by atoms with Crippen molar-refractivity contribution in [3.63, 3.8) is 0 Å². The highest BCUT2D eigenvalue weighted by atomic mass is 19.1. The molecule has 1 aromatic carbocycles. The fourth-order valence-electron chi connectivity index (χ4n) is 6.30. The highest BCUT2D eigenvalue weighted by Gasteiger charge is 2.43. The number of urea groups is 1. The molecule has 0 bridgehead atoms. The van der Waals surface area contributed by atoms with E-state index < -0.39 is 11.4 Å². The molecule has 1 unspecified atom stereocenters. The van der Waals surface area contributed by atoms with E-state index in [1.165, 1.54) is 51.3 Å². The molecule has 2 amide bonds. The number of ether oxygens (including phenoxy) is 2. The molecule has 3 rings (SSSR count). The molecular formula is C29H48FN3O4. The van der Waals surface area contributed by atoms with Crippen LogP contribution in [0.4, 0.5) is 9.18 Å². The first-order chi connectivity index (χ1) is 17.9. The maximum absolute atomic E-state index is 14.4. The lowest BCUT2D eigenvalue weighted by Gasteiger charge is -2.43. The Balaban J connectivity index is 1.74. The molecular weight excluding hydrogens is 473 g/mol. The standard InChI is InChI=1S/C29H48FN3O4/c1-31-20-25(18-22-10-5-4-6-11-22)32-28(34)33-16-9-12-23(21-33)29(35,15-7-8-17-36-2)26-19-24(30)13-14-27(26)37-3/h13-14,19,22-23,25,31,35H,4-12,15-18,20-21H2,1-3H3,(H,32,34)/t23-,25?,29+/m1/s1. The van der Waals surface area contributed by atoms with E-state index in [2.05, 4.69) is 10.6 Å². The minimum atomic E-state index is -1.31. The first kappa shape index (κ1) is 29.7. The monoisotopic (exact) mass is 521 g/mol. The van der Waals surface area contributed by atoms with Gasteiger partial charge in [-0.15, -0.1) is 0 Å². The first-order valence-corrected chi connectivity index (χ1v) is 14.2. The number of nitrogens with one attached hydrogen (secondary N) is 2. The van der Waals surface area contributed by atoms with Gasteiger partial charge in [0.25, 0.3) is 0 Å². The number of piperidine rings is 1. The van der Waals surface area contributed by atoms with Crippen LogP contribution in [-0.4, -0.2) is 69.6 Å². The maximum Gasteiger partial charge on any atom is 0.317 e. The molecule has 210 valence electrons. The van der Waals surface area contributed by atoms with Crippen LogP contribution in [0.1, 0.15) is 76.2 Å². The van der Waals surface area contributed by atoms with Gasteiger partial charge in [0, 0.05) is 50.9 Å². The largest absolute Gasteiger partial charge is 0.496 e. The molecule has 3 N–H and O–H groups in total. The van der Waals surface area contributed by atoms with Crippen molar-refractivity contribution in [2.24, 2.45) is 11.8 Å². The predicted molar refractivity (Wildman–Crippen MR) is 144 cm³/mol. The third-order valence-corrected chi connectivity index (χ3v) is 8.29. The Bertz CT molecular complexity index is 835. The summed E-state index contributed by atoms with van der Waals surface area (Å²) in [7, 11) is 5.12. The van der Waals surface area contributed by atoms with E-state index >= 15 is 0 Å². The summed E-state index contributed by atoms with van der Waals surface area (Å²) >= 11 is 0. The maximum atomic E-state index is 14.4. The third-order valence-electron chi connectivity index (χ3n) is 8.29. The van der Waals surface area contributed by atoms with Crippen molar-refractivity contribution in [2.45, 2.75) is 82.3 Å². The molecule has 1 saturated carbocycles. The molecule has 1 aromatic rings. The van der Waals surface area contributed by atoms with Crippen molar-refractivity contribution >= 4 is 6.03 Å². The number of aliphatic hydroxyl groups is 1. The van der Waals surface area contributed by atoms with Gasteiger partial charge in [-0.05, 0) is 69.7 Å². The molecule has 1 aliphatic carbocycles. The normalized spacial score (nSPS) is 21.3. The zero-order valence-corrected chi connectivity index (χ0v) is 23.1. The van der Waals surface area contributed by atoms with Crippen LogP contribution >= 0.6 is 0 Å². The Morgan fingerprint density at radius 2 is 1.97 bits per heavy atom. The molecule has 3 atom stereocenters. The first-order valence-electron chi connectivity index (χ1n) is 14.2. The highest BCUT2D eigenvalue weighted by Crippen LogP contribution is 2.43. The lowest BCUT2D eigenvalue weighted by molar-refractivity contribution is -0.0579. The van der Waals surface area contributed by atoms with Crippen molar-refractivity contribution in [3.05, 3.63) is 29.6 Å². The fraction of sp³-hybridized carbons (Fsp3) is 0.759. The zero-order chi connectivity index (χ0) is 26.7. The van der Waals surface area contributed by atoms with Crippen LogP contribution in [0, 0.1) is 17.7 Å². The Morgan fingerprint density at radius 3 is 2.68 bits per heavy atom. The van der Waals surface area contributed by atoms with Gasteiger partial charge in [0.15, 0.2) is 0 Å². The fourth-order valence-corrected chi connectivity index (χ4v) is 6.30. The van der Waals surface area contributed by atoms with Gasteiger partial charge >= 0.3 is 6.03 Å². The van der Waals surface area contributed by atoms with Crippen molar-refractivity contribution in [1.29, 1.82) is 0 Å². The zero-order valence-electron chi connectivity index (χ0n) is 23.1. The van der Waals surface area contributed by atoms with E-state index in [9.17, 15) is 14.3 Å². The van der Waals surface area contributed by atoms with E-state index in [-0.39, 0.29) is 18.0 Å². The highest BCUT2D eigenvalue weighted by molar-refractivity contribution is 5.74. The van der Waals surface area contributed by atoms with Crippen LogP contribution in [0.2, 0.25) is 0 Å². The average molecular weight is 522 g/mol. The summed E-state index contributed by atoms with van der Waals surface area (Å²) < 4.78 is 25.1. The summed E-state index contributed by atoms with van der Waals surface area (Å²) in [5.41, 5.74) is -0.850. The van der Waals surface area contributed by atoms with Gasteiger partial charge in [-0.3, -0.25) is 0 Å². The number of hydrogen-bond donors (Lipinski definition) is 3. The number of halogens is 1. The van der Waals surface area contributed by atoms with Gasteiger partial charge in [0.2, 0.25) is 0 Å². The summed E-state index contributed by atoms with van der Waals surface area (Å²) in [4.78, 5) is 15.3. The molecule has 7 nitrogen and oxygen atoms in total. The van der Waals surface area contributed by atoms with E-state index in [4.69, 9.17) is 9.47 Å². The van der Waals surface area contributed by atoms with Crippen LogP contribution in [0.15, 0.2) is 18.2 Å². The summed E-state index contributed by atoms with van der Waals surface area (Å²) in [6, 6.07) is 4.32. The molecule has 0 radical (unpaired) electrons. The van der Waals surface area contributed by atoms with E-state index in [1.807, 2.05) is 11.9 Å². The number of likely N-dealkylation sites (tertiary alicyclic amines) is 1. The van der Waals surface area contributed by atoms with Gasteiger partial charge in [-0.25, -0.2) is 9.18 Å². The molecule has 2 aliphatic rings. The number of nitrogens with zero attached hydrogens (tertiary/aromatic N) is 1. The quantitative estimate of drug-likeness (QED) is 0.324. The number of carbonyl (C=O) groups excluding carboxylic acids is 1. The van der Waals surface area contributed by atoms with Crippen molar-refractivity contribution in [3.8, 4) is 5.75 Å². The van der Waals surface area contributed by atoms with Gasteiger partial charge < -0.3 is 30.1 Å². The lowest BCUT2D eigenvalue weighted by atomic mass is 9.73. The molecule has 8 heteroatoms. The van der Waals surface area contributed by atoms with E-state index in [0.29, 0.717) is 43.3 Å². The summed E-state index contributed by atoms with van der Waals surface area (Å²) in [5.74, 6) is 0.499. The number of hydrogen-bond acceptors (Lipinski definition) is 5. The second kappa shape index (κ2) is 14.9. The Labute approximate surface area is 222 Å². The number of unbranched alkanes of at least 4 members (excludes halogenated alkanes) is 1. The van der Waals surface area contributed by atoms with Crippen LogP contribution in [-0.2, 0) is 10.3 Å². The summed E-state index contributed by atoms with van der Waals surface area (Å²) in [6.07, 6.45) is 10.9. The van der Waals surface area contributed by atoms with Gasteiger partial charge in [0.1, 0.15) is 11.6 Å². The second-order valence-electron chi connectivity index (χ2n) is 10.9. The summed E-state index contributed by atoms with van der Waals surface area (Å²) in [5, 5.41) is 18.7. The molecule has 0 aromatic heterocycles. The van der Waals surface area contributed by atoms with Gasteiger partial charge in [0.05, 0.1) is 12.7 Å². The topological polar surface area (TPSA) is 83.1 Å². The van der Waals surface area contributed by atoms with Crippen molar-refractivity contribution in [1.82, 2.24) is 15.5 Å². The Morgan fingerprint density at radius 1 is 1.19 bits per heavy atom. The van der Waals surface area contributed by atoms with E-state index in [1.54, 1.807) is 13.2 Å². The van der Waals surface area contributed by atoms with E-state index in [0.717, 1.165) is 38.6 Å². The van der Waals surface area contributed by atoms with Crippen LogP contribution < -0.4 is 15.4 Å². The Hall–Kier alpha value is -1.90. The third kappa shape index (κ3) is 8.29. The molecule has 0 spiro atoms. The van der Waals surface area contributed by atoms with Crippen LogP contribution in [0.25, 0.3) is 0 Å². The number of amides is 2. The molecule has 2 fully saturated rings. The minimum Gasteiger partial charge on any atom is -0.496 e. The SMILES string of the molecule is CNCC(CC1CCCCC1)NC(=O)N1CCC[C@@H]([C@@](O)(CCCCOC)c2cc(F)ccc2OC)C1. The average Bonchev–Trinajstić information content (AvgIpc) is 2.91. The lowest BCUT2D eigenvalue weighted by Crippen LogP contribution is -2.54. The minimum absolute atomic E-state index is 0.0753. The molecule has 1 saturated heterocycles. The summed E-state index contributed by atoms with van der Waals surface area (Å²) in [6.45, 7) is 2.41. The predicted octanol–water partition coefficient (Wildman–Crippen LogP) is 4.82. The number of methoxy groups -OCH3 is 2. The Kier molecular flexibility index (Phi) is 11.9. The molecule has 37 heavy (non-hydrogen) atoms. The van der Waals surface area contributed by atoms with Crippen LogP contribution in [0.3, 0.4) is 0 Å². The van der Waals surface area contributed by atoms with Crippen LogP contribution in [0.5, 0.6) is 5.75 Å². The molecule has 1 heterocycles. The van der Waals surface area contributed by atoms with Gasteiger partial charge in [-0.2, -0.15) is 0 Å². The number of benzene rings is 1. The molecule has 1 aliphatic heterocycles. The number of likely N-dealkylation sites (N-methyl/N-ethyl adjacent to an activating group) is 1. The second-order valence-corrected chi connectivity index (χ2v) is 10.9. The van der Waals surface area contributed by atoms with Gasteiger partial charge in [-0.1, -0.05) is 32.1 Å². The van der Waals surface area contributed by atoms with Crippen molar-refractivity contribution < 1.29 is 23.8 Å². The number of rotatable bonds is 13.